The SMILES string of the molecule is FC(F)Cc1cccc(C2=C(NCCc3ccncc3)CCNC2)c1. The lowest BCUT2D eigenvalue weighted by Crippen LogP contribution is -2.30. The summed E-state index contributed by atoms with van der Waals surface area (Å²) in [5.74, 6) is 0. The molecule has 25 heavy (non-hydrogen) atoms. The largest absolute Gasteiger partial charge is 0.388 e. The highest BCUT2D eigenvalue weighted by molar-refractivity contribution is 5.71. The molecule has 0 saturated carbocycles. The van der Waals surface area contributed by atoms with E-state index in [1.54, 1.807) is 18.5 Å². The Morgan fingerprint density at radius 2 is 1.96 bits per heavy atom. The number of benzene rings is 1. The molecule has 1 aliphatic heterocycles. The van der Waals surface area contributed by atoms with Crippen LogP contribution < -0.4 is 10.6 Å². The van der Waals surface area contributed by atoms with Crippen LogP contribution in [0.3, 0.4) is 0 Å². The maximum Gasteiger partial charge on any atom is 0.242 e. The number of rotatable bonds is 7. The van der Waals surface area contributed by atoms with Gasteiger partial charge in [0.15, 0.2) is 0 Å². The number of nitrogens with zero attached hydrogens (tertiary/aromatic N) is 1. The molecule has 1 aromatic heterocycles. The van der Waals surface area contributed by atoms with Crippen molar-refractivity contribution in [3.05, 3.63) is 71.2 Å². The Labute approximate surface area is 147 Å². The van der Waals surface area contributed by atoms with Crippen molar-refractivity contribution in [2.75, 3.05) is 19.6 Å². The lowest BCUT2D eigenvalue weighted by atomic mass is 9.97. The lowest BCUT2D eigenvalue weighted by Gasteiger charge is -2.23. The molecule has 132 valence electrons. The van der Waals surface area contributed by atoms with Crippen molar-refractivity contribution in [1.29, 1.82) is 0 Å². The van der Waals surface area contributed by atoms with Crippen LogP contribution in [0.4, 0.5) is 8.78 Å². The molecule has 0 radical (unpaired) electrons. The Balaban J connectivity index is 1.72. The van der Waals surface area contributed by atoms with Crippen LogP contribution in [0.25, 0.3) is 5.57 Å². The molecule has 2 heterocycles. The second-order valence-corrected chi connectivity index (χ2v) is 6.21. The van der Waals surface area contributed by atoms with Crippen LogP contribution in [0.15, 0.2) is 54.5 Å². The summed E-state index contributed by atoms with van der Waals surface area (Å²) < 4.78 is 25.3. The zero-order valence-electron chi connectivity index (χ0n) is 14.1. The summed E-state index contributed by atoms with van der Waals surface area (Å²) in [6, 6.07) is 11.6. The molecule has 0 aliphatic carbocycles. The van der Waals surface area contributed by atoms with Crippen molar-refractivity contribution >= 4 is 5.57 Å². The third kappa shape index (κ3) is 5.10. The number of aromatic nitrogens is 1. The molecule has 1 aliphatic rings. The molecule has 5 heteroatoms. The van der Waals surface area contributed by atoms with Crippen molar-refractivity contribution in [3.63, 3.8) is 0 Å². The molecule has 2 aromatic rings. The van der Waals surface area contributed by atoms with Crippen molar-refractivity contribution < 1.29 is 8.78 Å². The van der Waals surface area contributed by atoms with Crippen LogP contribution in [-0.2, 0) is 12.8 Å². The van der Waals surface area contributed by atoms with Gasteiger partial charge in [-0.25, -0.2) is 8.78 Å². The second kappa shape index (κ2) is 8.72. The highest BCUT2D eigenvalue weighted by Gasteiger charge is 2.15. The van der Waals surface area contributed by atoms with Gasteiger partial charge in [-0.1, -0.05) is 24.3 Å². The predicted molar refractivity (Wildman–Crippen MR) is 96.5 cm³/mol. The lowest BCUT2D eigenvalue weighted by molar-refractivity contribution is 0.149. The smallest absolute Gasteiger partial charge is 0.242 e. The van der Waals surface area contributed by atoms with Crippen molar-refractivity contribution in [3.8, 4) is 0 Å². The van der Waals surface area contributed by atoms with Gasteiger partial charge in [-0.05, 0) is 47.2 Å². The topological polar surface area (TPSA) is 37.0 Å². The number of alkyl halides is 2. The highest BCUT2D eigenvalue weighted by atomic mass is 19.3. The van der Waals surface area contributed by atoms with E-state index in [1.807, 2.05) is 30.3 Å². The van der Waals surface area contributed by atoms with Gasteiger partial charge in [-0.15, -0.1) is 0 Å². The Morgan fingerprint density at radius 1 is 1.12 bits per heavy atom. The molecule has 1 aromatic carbocycles. The summed E-state index contributed by atoms with van der Waals surface area (Å²) in [5, 5.41) is 6.93. The first-order valence-corrected chi connectivity index (χ1v) is 8.65. The van der Waals surface area contributed by atoms with Crippen LogP contribution in [0.5, 0.6) is 0 Å². The first-order chi connectivity index (χ1) is 12.2. The highest BCUT2D eigenvalue weighted by Crippen LogP contribution is 2.23. The van der Waals surface area contributed by atoms with Crippen molar-refractivity contribution in [2.45, 2.75) is 25.7 Å². The molecule has 0 amide bonds. The normalized spacial score (nSPS) is 14.8. The van der Waals surface area contributed by atoms with E-state index in [1.165, 1.54) is 16.8 Å². The fraction of sp³-hybridized carbons (Fsp3) is 0.350. The van der Waals surface area contributed by atoms with E-state index >= 15 is 0 Å². The average molecular weight is 343 g/mol. The first kappa shape index (κ1) is 17.5. The van der Waals surface area contributed by atoms with Gasteiger partial charge in [0.1, 0.15) is 0 Å². The van der Waals surface area contributed by atoms with Crippen LogP contribution in [-0.4, -0.2) is 31.0 Å². The van der Waals surface area contributed by atoms with Gasteiger partial charge in [0.2, 0.25) is 6.43 Å². The van der Waals surface area contributed by atoms with Gasteiger partial charge in [-0.3, -0.25) is 4.98 Å². The van der Waals surface area contributed by atoms with Gasteiger partial charge in [0.05, 0.1) is 0 Å². The third-order valence-corrected chi connectivity index (χ3v) is 4.38. The van der Waals surface area contributed by atoms with Crippen LogP contribution >= 0.6 is 0 Å². The Hall–Kier alpha value is -2.27. The van der Waals surface area contributed by atoms with Gasteiger partial charge in [0, 0.05) is 44.1 Å². The van der Waals surface area contributed by atoms with E-state index in [-0.39, 0.29) is 6.42 Å². The summed E-state index contributed by atoms with van der Waals surface area (Å²) in [6.45, 7) is 2.53. The zero-order chi connectivity index (χ0) is 17.5. The Bertz CT molecular complexity index is 714. The molecular weight excluding hydrogens is 320 g/mol. The second-order valence-electron chi connectivity index (χ2n) is 6.21. The summed E-state index contributed by atoms with van der Waals surface area (Å²) in [4.78, 5) is 4.03. The predicted octanol–water partition coefficient (Wildman–Crippen LogP) is 3.43. The molecular formula is C20H23F2N3. The summed E-state index contributed by atoms with van der Waals surface area (Å²) in [6.07, 6.45) is 2.95. The van der Waals surface area contributed by atoms with Crippen molar-refractivity contribution in [1.82, 2.24) is 15.6 Å². The molecule has 3 nitrogen and oxygen atoms in total. The molecule has 0 spiro atoms. The number of pyridine rings is 1. The molecule has 0 unspecified atom stereocenters. The van der Waals surface area contributed by atoms with Gasteiger partial charge in [0.25, 0.3) is 0 Å². The number of hydrogen-bond donors (Lipinski definition) is 2. The maximum absolute atomic E-state index is 12.7. The standard InChI is InChI=1S/C20H23F2N3/c21-20(22)13-16-2-1-3-17(12-16)18-14-24-10-7-19(18)25-11-6-15-4-8-23-9-5-15/h1-5,8-9,12,20,24-25H,6-7,10-11,13-14H2. The zero-order valence-corrected chi connectivity index (χ0v) is 14.1. The maximum atomic E-state index is 12.7. The van der Waals surface area contributed by atoms with Crippen LogP contribution in [0, 0.1) is 0 Å². The van der Waals surface area contributed by atoms with Crippen molar-refractivity contribution in [2.24, 2.45) is 0 Å². The minimum Gasteiger partial charge on any atom is -0.388 e. The van der Waals surface area contributed by atoms with Crippen LogP contribution in [0.2, 0.25) is 0 Å². The molecule has 3 rings (SSSR count). The van der Waals surface area contributed by atoms with Gasteiger partial charge >= 0.3 is 0 Å². The summed E-state index contributed by atoms with van der Waals surface area (Å²) in [7, 11) is 0. The Morgan fingerprint density at radius 3 is 2.76 bits per heavy atom. The quantitative estimate of drug-likeness (QED) is 0.809. The van der Waals surface area contributed by atoms with E-state index in [0.717, 1.165) is 38.0 Å². The molecule has 0 atom stereocenters. The average Bonchev–Trinajstić information content (AvgIpc) is 2.63. The fourth-order valence-corrected chi connectivity index (χ4v) is 3.13. The number of hydrogen-bond acceptors (Lipinski definition) is 3. The van der Waals surface area contributed by atoms with Gasteiger partial charge < -0.3 is 10.6 Å². The molecule has 2 N–H and O–H groups in total. The summed E-state index contributed by atoms with van der Waals surface area (Å²) in [5.41, 5.74) is 5.34. The first-order valence-electron chi connectivity index (χ1n) is 8.65. The van der Waals surface area contributed by atoms with E-state index in [2.05, 4.69) is 15.6 Å². The van der Waals surface area contributed by atoms with E-state index in [9.17, 15) is 8.78 Å². The molecule has 0 bridgehead atoms. The van der Waals surface area contributed by atoms with E-state index < -0.39 is 6.43 Å². The fourth-order valence-electron chi connectivity index (χ4n) is 3.13. The molecule has 0 saturated heterocycles. The third-order valence-electron chi connectivity index (χ3n) is 4.38. The minimum absolute atomic E-state index is 0.195. The van der Waals surface area contributed by atoms with Crippen LogP contribution in [0.1, 0.15) is 23.1 Å². The summed E-state index contributed by atoms with van der Waals surface area (Å²) >= 11 is 0. The Kier molecular flexibility index (Phi) is 6.12. The number of nitrogens with one attached hydrogen (secondary N) is 2. The van der Waals surface area contributed by atoms with E-state index in [4.69, 9.17) is 0 Å². The molecule has 0 fully saturated rings. The van der Waals surface area contributed by atoms with E-state index in [0.29, 0.717) is 5.56 Å². The number of halogens is 2. The monoisotopic (exact) mass is 343 g/mol. The minimum atomic E-state index is -2.31. The van der Waals surface area contributed by atoms with Gasteiger partial charge in [-0.2, -0.15) is 0 Å².